The number of hydrogen-bond donors (Lipinski definition) is 1. The maximum Gasteiger partial charge on any atom is 0.416 e. The van der Waals surface area contributed by atoms with Gasteiger partial charge in [-0.3, -0.25) is 4.79 Å². The first-order valence-electron chi connectivity index (χ1n) is 7.57. The van der Waals surface area contributed by atoms with Crippen molar-refractivity contribution in [2.45, 2.75) is 39.0 Å². The fourth-order valence-electron chi connectivity index (χ4n) is 2.63. The summed E-state index contributed by atoms with van der Waals surface area (Å²) in [6.45, 7) is 5.06. The molecule has 1 aromatic rings. The predicted molar refractivity (Wildman–Crippen MR) is 82.7 cm³/mol. The summed E-state index contributed by atoms with van der Waals surface area (Å²) in [5.74, 6) is -0.114. The SMILES string of the molecule is CC(C)=CCNC1CC(=O)N(Cc2ccccc2C(F)(F)F)C1. The molecule has 2 rings (SSSR count). The van der Waals surface area contributed by atoms with E-state index >= 15 is 0 Å². The Labute approximate surface area is 134 Å². The molecule has 126 valence electrons. The third-order valence-corrected chi connectivity index (χ3v) is 3.82. The first-order valence-corrected chi connectivity index (χ1v) is 7.57. The van der Waals surface area contributed by atoms with E-state index in [4.69, 9.17) is 0 Å². The molecule has 0 spiro atoms. The molecule has 0 radical (unpaired) electrons. The number of likely N-dealkylation sites (tertiary alicyclic amines) is 1. The number of rotatable bonds is 5. The first-order chi connectivity index (χ1) is 10.8. The molecule has 1 fully saturated rings. The van der Waals surface area contributed by atoms with Crippen molar-refractivity contribution < 1.29 is 18.0 Å². The van der Waals surface area contributed by atoms with Crippen molar-refractivity contribution in [3.63, 3.8) is 0 Å². The molecule has 0 aliphatic carbocycles. The zero-order chi connectivity index (χ0) is 17.0. The summed E-state index contributed by atoms with van der Waals surface area (Å²) >= 11 is 0. The van der Waals surface area contributed by atoms with Crippen molar-refractivity contribution in [2.75, 3.05) is 13.1 Å². The summed E-state index contributed by atoms with van der Waals surface area (Å²) in [7, 11) is 0. The normalized spacial score (nSPS) is 18.4. The van der Waals surface area contributed by atoms with Crippen LogP contribution in [0, 0.1) is 0 Å². The fourth-order valence-corrected chi connectivity index (χ4v) is 2.63. The molecular formula is C17H21F3N2O. The second-order valence-corrected chi connectivity index (χ2v) is 6.02. The summed E-state index contributed by atoms with van der Waals surface area (Å²) in [4.78, 5) is 13.5. The molecule has 3 nitrogen and oxygen atoms in total. The third kappa shape index (κ3) is 4.82. The van der Waals surface area contributed by atoms with E-state index in [0.717, 1.165) is 6.07 Å². The molecule has 1 heterocycles. The van der Waals surface area contributed by atoms with Crippen molar-refractivity contribution in [3.8, 4) is 0 Å². The van der Waals surface area contributed by atoms with Crippen LogP contribution in [0.15, 0.2) is 35.9 Å². The van der Waals surface area contributed by atoms with Crippen LogP contribution in [-0.2, 0) is 17.5 Å². The average Bonchev–Trinajstić information content (AvgIpc) is 2.78. The lowest BCUT2D eigenvalue weighted by Gasteiger charge is -2.20. The largest absolute Gasteiger partial charge is 0.416 e. The van der Waals surface area contributed by atoms with Crippen LogP contribution in [0.25, 0.3) is 0 Å². The summed E-state index contributed by atoms with van der Waals surface area (Å²) in [6.07, 6.45) is -2.06. The van der Waals surface area contributed by atoms with E-state index in [1.165, 1.54) is 22.6 Å². The minimum absolute atomic E-state index is 0.00462. The summed E-state index contributed by atoms with van der Waals surface area (Å²) in [6, 6.07) is 5.40. The molecule has 0 saturated carbocycles. The van der Waals surface area contributed by atoms with E-state index in [0.29, 0.717) is 19.5 Å². The van der Waals surface area contributed by atoms with Gasteiger partial charge in [0.1, 0.15) is 0 Å². The second-order valence-electron chi connectivity index (χ2n) is 6.02. The molecule has 1 saturated heterocycles. The van der Waals surface area contributed by atoms with Gasteiger partial charge in [-0.1, -0.05) is 29.8 Å². The Morgan fingerprint density at radius 3 is 2.70 bits per heavy atom. The molecule has 6 heteroatoms. The predicted octanol–water partition coefficient (Wildman–Crippen LogP) is 3.36. The van der Waals surface area contributed by atoms with E-state index in [1.807, 2.05) is 19.9 Å². The number of halogens is 3. The molecule has 1 amide bonds. The van der Waals surface area contributed by atoms with Crippen molar-refractivity contribution >= 4 is 5.91 Å². The zero-order valence-electron chi connectivity index (χ0n) is 13.3. The van der Waals surface area contributed by atoms with Gasteiger partial charge in [0.05, 0.1) is 5.56 Å². The number of nitrogens with zero attached hydrogens (tertiary/aromatic N) is 1. The highest BCUT2D eigenvalue weighted by Crippen LogP contribution is 2.32. The number of carbonyl (C=O) groups is 1. The molecule has 0 bridgehead atoms. The van der Waals surface area contributed by atoms with Gasteiger partial charge in [-0.15, -0.1) is 0 Å². The number of nitrogens with one attached hydrogen (secondary N) is 1. The Morgan fingerprint density at radius 2 is 2.04 bits per heavy atom. The van der Waals surface area contributed by atoms with Gasteiger partial charge in [-0.05, 0) is 25.5 Å². The molecule has 1 aromatic carbocycles. The molecule has 23 heavy (non-hydrogen) atoms. The Kier molecular flexibility index (Phi) is 5.46. The maximum absolute atomic E-state index is 13.0. The Bertz CT molecular complexity index is 592. The zero-order valence-corrected chi connectivity index (χ0v) is 13.3. The number of hydrogen-bond acceptors (Lipinski definition) is 2. The van der Waals surface area contributed by atoms with Crippen LogP contribution >= 0.6 is 0 Å². The van der Waals surface area contributed by atoms with E-state index < -0.39 is 11.7 Å². The molecule has 1 aliphatic heterocycles. The second kappa shape index (κ2) is 7.17. The summed E-state index contributed by atoms with van der Waals surface area (Å²) in [5, 5.41) is 3.24. The first kappa shape index (κ1) is 17.5. The number of allylic oxidation sites excluding steroid dienone is 1. The van der Waals surface area contributed by atoms with Crippen LogP contribution < -0.4 is 5.32 Å². The van der Waals surface area contributed by atoms with Gasteiger partial charge in [0.2, 0.25) is 5.91 Å². The van der Waals surface area contributed by atoms with E-state index in [1.54, 1.807) is 6.07 Å². The van der Waals surface area contributed by atoms with E-state index in [-0.39, 0.29) is 24.1 Å². The Hall–Kier alpha value is -1.82. The quantitative estimate of drug-likeness (QED) is 0.842. The van der Waals surface area contributed by atoms with Crippen molar-refractivity contribution in [1.29, 1.82) is 0 Å². The molecule has 0 aromatic heterocycles. The van der Waals surface area contributed by atoms with E-state index in [2.05, 4.69) is 5.32 Å². The fraction of sp³-hybridized carbons (Fsp3) is 0.471. The van der Waals surface area contributed by atoms with Gasteiger partial charge in [-0.2, -0.15) is 13.2 Å². The minimum atomic E-state index is -4.40. The van der Waals surface area contributed by atoms with Crippen LogP contribution in [0.4, 0.5) is 13.2 Å². The molecule has 1 unspecified atom stereocenters. The lowest BCUT2D eigenvalue weighted by atomic mass is 10.1. The number of amides is 1. The number of carbonyl (C=O) groups excluding carboxylic acids is 1. The Morgan fingerprint density at radius 1 is 1.35 bits per heavy atom. The lowest BCUT2D eigenvalue weighted by Crippen LogP contribution is -2.33. The van der Waals surface area contributed by atoms with Crippen LogP contribution in [0.2, 0.25) is 0 Å². The topological polar surface area (TPSA) is 32.3 Å². The highest BCUT2D eigenvalue weighted by molar-refractivity contribution is 5.79. The maximum atomic E-state index is 13.0. The minimum Gasteiger partial charge on any atom is -0.337 e. The lowest BCUT2D eigenvalue weighted by molar-refractivity contribution is -0.139. The summed E-state index contributed by atoms with van der Waals surface area (Å²) in [5.41, 5.74) is 0.643. The third-order valence-electron chi connectivity index (χ3n) is 3.82. The van der Waals surface area contributed by atoms with E-state index in [9.17, 15) is 18.0 Å². The van der Waals surface area contributed by atoms with Gasteiger partial charge in [0.25, 0.3) is 0 Å². The van der Waals surface area contributed by atoms with Gasteiger partial charge in [-0.25, -0.2) is 0 Å². The van der Waals surface area contributed by atoms with Crippen LogP contribution in [-0.4, -0.2) is 29.9 Å². The number of benzene rings is 1. The van der Waals surface area contributed by atoms with Crippen molar-refractivity contribution in [2.24, 2.45) is 0 Å². The van der Waals surface area contributed by atoms with Gasteiger partial charge < -0.3 is 10.2 Å². The highest BCUT2D eigenvalue weighted by Gasteiger charge is 2.35. The van der Waals surface area contributed by atoms with Crippen LogP contribution in [0.5, 0.6) is 0 Å². The summed E-state index contributed by atoms with van der Waals surface area (Å²) < 4.78 is 39.0. The van der Waals surface area contributed by atoms with Gasteiger partial charge in [0, 0.05) is 32.1 Å². The van der Waals surface area contributed by atoms with Gasteiger partial charge >= 0.3 is 6.18 Å². The van der Waals surface area contributed by atoms with Crippen LogP contribution in [0.1, 0.15) is 31.4 Å². The smallest absolute Gasteiger partial charge is 0.337 e. The van der Waals surface area contributed by atoms with Crippen molar-refractivity contribution in [1.82, 2.24) is 10.2 Å². The average molecular weight is 326 g/mol. The van der Waals surface area contributed by atoms with Crippen molar-refractivity contribution in [3.05, 3.63) is 47.0 Å². The Balaban J connectivity index is 2.02. The number of alkyl halides is 3. The monoisotopic (exact) mass is 326 g/mol. The molecule has 1 N–H and O–H groups in total. The molecule has 1 aliphatic rings. The molecular weight excluding hydrogens is 305 g/mol. The highest BCUT2D eigenvalue weighted by atomic mass is 19.4. The molecule has 1 atom stereocenters. The van der Waals surface area contributed by atoms with Gasteiger partial charge in [0.15, 0.2) is 0 Å². The van der Waals surface area contributed by atoms with Crippen LogP contribution in [0.3, 0.4) is 0 Å². The standard InChI is InChI=1S/C17H21F3N2O/c1-12(2)7-8-21-14-9-16(23)22(11-14)10-13-5-3-4-6-15(13)17(18,19)20/h3-7,14,21H,8-11H2,1-2H3.